The molecule has 152 valence electrons. The topological polar surface area (TPSA) is 39.7 Å². The molecule has 27 heavy (non-hydrogen) atoms. The van der Waals surface area contributed by atoms with Gasteiger partial charge in [0, 0.05) is 38.8 Å². The van der Waals surface area contributed by atoms with Crippen molar-refractivity contribution in [2.45, 2.75) is 44.9 Å². The van der Waals surface area contributed by atoms with E-state index < -0.39 is 11.7 Å². The van der Waals surface area contributed by atoms with Crippen LogP contribution >= 0.6 is 24.0 Å². The van der Waals surface area contributed by atoms with Gasteiger partial charge >= 0.3 is 6.18 Å². The first-order valence-electron chi connectivity index (χ1n) is 9.37. The second-order valence-electron chi connectivity index (χ2n) is 7.22. The number of alkyl halides is 3. The van der Waals surface area contributed by atoms with E-state index >= 15 is 0 Å². The Kier molecular flexibility index (Phi) is 8.20. The molecule has 3 rings (SSSR count). The first-order chi connectivity index (χ1) is 12.4. The molecule has 4 nitrogen and oxygen atoms in total. The van der Waals surface area contributed by atoms with E-state index in [0.717, 1.165) is 62.2 Å². The molecule has 1 heterocycles. The minimum absolute atomic E-state index is 0. The van der Waals surface area contributed by atoms with Crippen molar-refractivity contribution in [2.24, 2.45) is 10.9 Å². The highest BCUT2D eigenvalue weighted by Crippen LogP contribution is 2.29. The molecule has 0 bridgehead atoms. The van der Waals surface area contributed by atoms with Gasteiger partial charge in [0.25, 0.3) is 0 Å². The number of guanidine groups is 1. The summed E-state index contributed by atoms with van der Waals surface area (Å²) in [6, 6.07) is 5.79. The molecule has 1 atom stereocenters. The van der Waals surface area contributed by atoms with Gasteiger partial charge in [-0.3, -0.25) is 9.89 Å². The summed E-state index contributed by atoms with van der Waals surface area (Å²) in [7, 11) is 0. The summed E-state index contributed by atoms with van der Waals surface area (Å²) in [5, 5.41) is 6.78. The number of rotatable bonds is 6. The predicted molar refractivity (Wildman–Crippen MR) is 112 cm³/mol. The molecule has 1 unspecified atom stereocenters. The number of halogens is 4. The van der Waals surface area contributed by atoms with Crippen LogP contribution in [0.2, 0.25) is 0 Å². The molecule has 1 aliphatic carbocycles. The van der Waals surface area contributed by atoms with Gasteiger partial charge in [0.05, 0.1) is 5.56 Å². The van der Waals surface area contributed by atoms with E-state index in [1.54, 1.807) is 12.1 Å². The molecule has 2 fully saturated rings. The Morgan fingerprint density at radius 1 is 1.19 bits per heavy atom. The quantitative estimate of drug-likeness (QED) is 0.357. The fourth-order valence-electron chi connectivity index (χ4n) is 3.19. The first-order valence-corrected chi connectivity index (χ1v) is 9.37. The Bertz CT molecular complexity index is 614. The van der Waals surface area contributed by atoms with Crippen molar-refractivity contribution in [3.63, 3.8) is 0 Å². The summed E-state index contributed by atoms with van der Waals surface area (Å²) in [4.78, 5) is 6.92. The van der Waals surface area contributed by atoms with Crippen LogP contribution in [0.5, 0.6) is 0 Å². The first kappa shape index (κ1) is 22.3. The van der Waals surface area contributed by atoms with Gasteiger partial charge in [0.1, 0.15) is 0 Å². The maximum Gasteiger partial charge on any atom is 0.416 e. The Balaban J connectivity index is 0.00000261. The molecule has 2 aliphatic rings. The lowest BCUT2D eigenvalue weighted by molar-refractivity contribution is -0.137. The Labute approximate surface area is 176 Å². The van der Waals surface area contributed by atoms with Crippen molar-refractivity contribution in [2.75, 3.05) is 26.2 Å². The zero-order valence-electron chi connectivity index (χ0n) is 15.6. The van der Waals surface area contributed by atoms with Crippen molar-refractivity contribution in [3.8, 4) is 0 Å². The minimum Gasteiger partial charge on any atom is -0.357 e. The fourth-order valence-corrected chi connectivity index (χ4v) is 3.19. The lowest BCUT2D eigenvalue weighted by Gasteiger charge is -2.19. The summed E-state index contributed by atoms with van der Waals surface area (Å²) < 4.78 is 37.9. The number of hydrogen-bond acceptors (Lipinski definition) is 2. The highest BCUT2D eigenvalue weighted by Gasteiger charge is 2.30. The number of likely N-dealkylation sites (tertiary alicyclic amines) is 1. The number of aliphatic imine (C=N–C) groups is 1. The number of nitrogens with zero attached hydrogens (tertiary/aromatic N) is 2. The molecular formula is C19H28F3IN4. The van der Waals surface area contributed by atoms with E-state index in [2.05, 4.69) is 27.4 Å². The van der Waals surface area contributed by atoms with E-state index in [-0.39, 0.29) is 24.0 Å². The van der Waals surface area contributed by atoms with Crippen molar-refractivity contribution in [1.82, 2.24) is 15.5 Å². The summed E-state index contributed by atoms with van der Waals surface area (Å²) in [6.07, 6.45) is -0.696. The molecule has 0 aromatic heterocycles. The van der Waals surface area contributed by atoms with Crippen LogP contribution in [0.1, 0.15) is 37.3 Å². The van der Waals surface area contributed by atoms with Gasteiger partial charge in [0.2, 0.25) is 0 Å². The second-order valence-corrected chi connectivity index (χ2v) is 7.22. The van der Waals surface area contributed by atoms with Crippen LogP contribution in [0.15, 0.2) is 29.3 Å². The van der Waals surface area contributed by atoms with Crippen molar-refractivity contribution in [3.05, 3.63) is 35.4 Å². The molecule has 2 N–H and O–H groups in total. The van der Waals surface area contributed by atoms with Crippen molar-refractivity contribution >= 4 is 29.9 Å². The molecule has 1 aromatic rings. The molecule has 0 spiro atoms. The molecule has 0 radical (unpaired) electrons. The Morgan fingerprint density at radius 2 is 1.89 bits per heavy atom. The van der Waals surface area contributed by atoms with Crippen LogP contribution in [-0.4, -0.2) is 43.1 Å². The molecule has 1 aromatic carbocycles. The normalized spacial score (nSPS) is 21.0. The van der Waals surface area contributed by atoms with Crippen LogP contribution in [0.4, 0.5) is 13.2 Å². The Morgan fingerprint density at radius 3 is 2.48 bits per heavy atom. The lowest BCUT2D eigenvalue weighted by Crippen LogP contribution is -2.44. The van der Waals surface area contributed by atoms with Gasteiger partial charge in [-0.2, -0.15) is 13.2 Å². The summed E-state index contributed by atoms with van der Waals surface area (Å²) in [5.41, 5.74) is 0.317. The van der Waals surface area contributed by atoms with E-state index in [9.17, 15) is 13.2 Å². The van der Waals surface area contributed by atoms with Gasteiger partial charge < -0.3 is 10.6 Å². The summed E-state index contributed by atoms with van der Waals surface area (Å²) in [5.74, 6) is 1.63. The Hall–Kier alpha value is -1.03. The molecule has 1 aliphatic heterocycles. The molecule has 1 saturated heterocycles. The number of hydrogen-bond donors (Lipinski definition) is 2. The van der Waals surface area contributed by atoms with Gasteiger partial charge in [-0.05, 0) is 49.8 Å². The van der Waals surface area contributed by atoms with Gasteiger partial charge in [-0.25, -0.2) is 0 Å². The molecule has 8 heteroatoms. The maximum absolute atomic E-state index is 12.6. The van der Waals surface area contributed by atoms with Gasteiger partial charge in [0.15, 0.2) is 5.96 Å². The third-order valence-corrected chi connectivity index (χ3v) is 4.85. The van der Waals surface area contributed by atoms with E-state index in [0.29, 0.717) is 12.6 Å². The van der Waals surface area contributed by atoms with Crippen molar-refractivity contribution in [1.29, 1.82) is 0 Å². The van der Waals surface area contributed by atoms with E-state index in [4.69, 9.17) is 0 Å². The smallest absolute Gasteiger partial charge is 0.357 e. The monoisotopic (exact) mass is 496 g/mol. The zero-order valence-corrected chi connectivity index (χ0v) is 17.9. The maximum atomic E-state index is 12.6. The fraction of sp³-hybridized carbons (Fsp3) is 0.632. The second kappa shape index (κ2) is 9.95. The van der Waals surface area contributed by atoms with Crippen LogP contribution < -0.4 is 10.6 Å². The lowest BCUT2D eigenvalue weighted by atomic mass is 10.1. The highest BCUT2D eigenvalue weighted by atomic mass is 127. The van der Waals surface area contributed by atoms with E-state index in [1.165, 1.54) is 12.8 Å². The minimum atomic E-state index is -4.27. The van der Waals surface area contributed by atoms with Gasteiger partial charge in [-0.15, -0.1) is 24.0 Å². The number of benzene rings is 1. The third kappa shape index (κ3) is 7.14. The SMILES string of the molecule is CCNC(=NCC1CC1)NC1CCN(Cc2ccc(C(F)(F)F)cc2)C1.I. The standard InChI is InChI=1S/C19H27F3N4.HI/c1-2-23-18(24-11-14-3-4-14)25-17-9-10-26(13-17)12-15-5-7-16(8-6-15)19(20,21)22;/h5-8,14,17H,2-4,9-13H2,1H3,(H2,23,24,25);1H. The average Bonchev–Trinajstić information content (AvgIpc) is 3.32. The van der Waals surface area contributed by atoms with Gasteiger partial charge in [-0.1, -0.05) is 12.1 Å². The largest absolute Gasteiger partial charge is 0.416 e. The highest BCUT2D eigenvalue weighted by molar-refractivity contribution is 14.0. The third-order valence-electron chi connectivity index (χ3n) is 4.85. The average molecular weight is 496 g/mol. The molecule has 1 saturated carbocycles. The van der Waals surface area contributed by atoms with E-state index in [1.807, 2.05) is 0 Å². The summed E-state index contributed by atoms with van der Waals surface area (Å²) in [6.45, 7) is 6.25. The van der Waals surface area contributed by atoms with Crippen LogP contribution in [0, 0.1) is 5.92 Å². The van der Waals surface area contributed by atoms with Crippen LogP contribution in [0.3, 0.4) is 0 Å². The molecular weight excluding hydrogens is 468 g/mol. The summed E-state index contributed by atoms with van der Waals surface area (Å²) >= 11 is 0. The van der Waals surface area contributed by atoms with Crippen LogP contribution in [-0.2, 0) is 12.7 Å². The zero-order chi connectivity index (χ0) is 18.6. The predicted octanol–water partition coefficient (Wildman–Crippen LogP) is 3.86. The molecule has 0 amide bonds. The van der Waals surface area contributed by atoms with Crippen LogP contribution in [0.25, 0.3) is 0 Å². The number of nitrogens with one attached hydrogen (secondary N) is 2. The van der Waals surface area contributed by atoms with Crippen molar-refractivity contribution < 1.29 is 13.2 Å².